The van der Waals surface area contributed by atoms with Crippen LogP contribution >= 0.6 is 0 Å². The first-order chi connectivity index (χ1) is 14.7. The first-order valence-electron chi connectivity index (χ1n) is 9.50. The van der Waals surface area contributed by atoms with Crippen molar-refractivity contribution in [3.05, 3.63) is 89.7 Å². The Morgan fingerprint density at radius 2 is 1.77 bits per heavy atom. The highest BCUT2D eigenvalue weighted by Gasteiger charge is 2.17. The number of para-hydroxylation sites is 1. The van der Waals surface area contributed by atoms with Crippen molar-refractivity contribution in [3.63, 3.8) is 0 Å². The number of benzene rings is 3. The fourth-order valence-electron chi connectivity index (χ4n) is 3.45. The third-order valence-corrected chi connectivity index (χ3v) is 5.00. The zero-order valence-electron chi connectivity index (χ0n) is 15.9. The Morgan fingerprint density at radius 3 is 2.63 bits per heavy atom. The number of fused-ring (bicyclic) bond motifs is 2. The molecule has 2 heterocycles. The third-order valence-electron chi connectivity index (χ3n) is 5.00. The van der Waals surface area contributed by atoms with Crippen LogP contribution in [-0.4, -0.2) is 17.7 Å². The number of nitrogens with zero attached hydrogens (tertiary/aromatic N) is 1. The third kappa shape index (κ3) is 3.43. The van der Waals surface area contributed by atoms with Crippen LogP contribution in [0.15, 0.2) is 72.8 Å². The summed E-state index contributed by atoms with van der Waals surface area (Å²) in [5.74, 6) is 0.820. The smallest absolute Gasteiger partial charge is 0.252 e. The topological polar surface area (TPSA) is 60.5 Å². The van der Waals surface area contributed by atoms with Crippen molar-refractivity contribution in [2.45, 2.75) is 6.54 Å². The van der Waals surface area contributed by atoms with Gasteiger partial charge in [-0.2, -0.15) is 0 Å². The second kappa shape index (κ2) is 7.48. The second-order valence-corrected chi connectivity index (χ2v) is 6.95. The SMILES string of the molecule is O=C(NCc1ccc(F)cc1)c1cc(-c2ccc3c(c2)OCO3)nc2ccccc12. The lowest BCUT2D eigenvalue weighted by Gasteiger charge is -2.11. The number of carbonyl (C=O) groups is 1. The van der Waals surface area contributed by atoms with Crippen LogP contribution in [-0.2, 0) is 6.54 Å². The van der Waals surface area contributed by atoms with Crippen LogP contribution in [0.2, 0.25) is 0 Å². The summed E-state index contributed by atoms with van der Waals surface area (Å²) in [6.45, 7) is 0.496. The number of hydrogen-bond acceptors (Lipinski definition) is 4. The molecule has 30 heavy (non-hydrogen) atoms. The van der Waals surface area contributed by atoms with Gasteiger partial charge < -0.3 is 14.8 Å². The normalized spacial score (nSPS) is 12.2. The van der Waals surface area contributed by atoms with Crippen LogP contribution in [0, 0.1) is 5.82 Å². The van der Waals surface area contributed by atoms with E-state index < -0.39 is 0 Å². The largest absolute Gasteiger partial charge is 0.454 e. The summed E-state index contributed by atoms with van der Waals surface area (Å²) < 4.78 is 23.9. The van der Waals surface area contributed by atoms with Gasteiger partial charge in [-0.05, 0) is 48.0 Å². The Kier molecular flexibility index (Phi) is 4.52. The molecule has 0 saturated carbocycles. The molecule has 0 unspecified atom stereocenters. The summed E-state index contributed by atoms with van der Waals surface area (Å²) in [4.78, 5) is 17.7. The van der Waals surface area contributed by atoms with E-state index in [1.165, 1.54) is 12.1 Å². The quantitative estimate of drug-likeness (QED) is 0.539. The minimum Gasteiger partial charge on any atom is -0.454 e. The van der Waals surface area contributed by atoms with E-state index in [4.69, 9.17) is 14.5 Å². The minimum absolute atomic E-state index is 0.195. The van der Waals surface area contributed by atoms with Crippen molar-refractivity contribution in [3.8, 4) is 22.8 Å². The first-order valence-corrected chi connectivity index (χ1v) is 9.50. The highest BCUT2D eigenvalue weighted by Crippen LogP contribution is 2.36. The first kappa shape index (κ1) is 18.1. The number of aromatic nitrogens is 1. The van der Waals surface area contributed by atoms with Crippen molar-refractivity contribution in [2.75, 3.05) is 6.79 Å². The molecule has 1 aliphatic heterocycles. The molecule has 5 rings (SSSR count). The maximum absolute atomic E-state index is 13.1. The van der Waals surface area contributed by atoms with E-state index in [0.29, 0.717) is 29.3 Å². The van der Waals surface area contributed by atoms with Gasteiger partial charge in [0.15, 0.2) is 11.5 Å². The lowest BCUT2D eigenvalue weighted by Crippen LogP contribution is -2.23. The average molecular weight is 400 g/mol. The molecule has 0 bridgehead atoms. The van der Waals surface area contributed by atoms with Crippen LogP contribution in [0.25, 0.3) is 22.2 Å². The summed E-state index contributed by atoms with van der Waals surface area (Å²) in [7, 11) is 0. The van der Waals surface area contributed by atoms with Crippen molar-refractivity contribution in [1.82, 2.24) is 10.3 Å². The molecule has 0 spiro atoms. The van der Waals surface area contributed by atoms with Crippen molar-refractivity contribution in [2.24, 2.45) is 0 Å². The van der Waals surface area contributed by atoms with Gasteiger partial charge in [0, 0.05) is 17.5 Å². The molecule has 6 heteroatoms. The molecule has 0 aliphatic carbocycles. The van der Waals surface area contributed by atoms with Gasteiger partial charge in [0.05, 0.1) is 16.8 Å². The van der Waals surface area contributed by atoms with E-state index in [2.05, 4.69) is 5.32 Å². The van der Waals surface area contributed by atoms with Crippen LogP contribution in [0.5, 0.6) is 11.5 Å². The molecule has 3 aromatic carbocycles. The zero-order valence-corrected chi connectivity index (χ0v) is 15.9. The number of carbonyl (C=O) groups excluding carboxylic acids is 1. The molecular weight excluding hydrogens is 383 g/mol. The molecule has 1 N–H and O–H groups in total. The molecule has 4 aromatic rings. The van der Waals surface area contributed by atoms with E-state index in [1.807, 2.05) is 42.5 Å². The van der Waals surface area contributed by atoms with E-state index in [9.17, 15) is 9.18 Å². The van der Waals surface area contributed by atoms with E-state index in [1.54, 1.807) is 18.2 Å². The molecule has 148 valence electrons. The van der Waals surface area contributed by atoms with Gasteiger partial charge >= 0.3 is 0 Å². The predicted molar refractivity (Wildman–Crippen MR) is 111 cm³/mol. The summed E-state index contributed by atoms with van der Waals surface area (Å²) in [6.07, 6.45) is 0. The van der Waals surface area contributed by atoms with Gasteiger partial charge in [-0.25, -0.2) is 9.37 Å². The lowest BCUT2D eigenvalue weighted by molar-refractivity contribution is 0.0952. The summed E-state index contributed by atoms with van der Waals surface area (Å²) in [5, 5.41) is 3.68. The van der Waals surface area contributed by atoms with Gasteiger partial charge in [0.25, 0.3) is 5.91 Å². The molecule has 0 radical (unpaired) electrons. The van der Waals surface area contributed by atoms with Crippen LogP contribution in [0.1, 0.15) is 15.9 Å². The molecule has 0 fully saturated rings. The number of rotatable bonds is 4. The summed E-state index contributed by atoms with van der Waals surface area (Å²) in [6, 6.07) is 20.9. The monoisotopic (exact) mass is 400 g/mol. The summed E-state index contributed by atoms with van der Waals surface area (Å²) >= 11 is 0. The Morgan fingerprint density at radius 1 is 0.967 bits per heavy atom. The van der Waals surface area contributed by atoms with Crippen molar-refractivity contribution < 1.29 is 18.7 Å². The highest BCUT2D eigenvalue weighted by atomic mass is 19.1. The Labute approximate surface area is 172 Å². The molecule has 0 atom stereocenters. The van der Waals surface area contributed by atoms with Crippen LogP contribution in [0.3, 0.4) is 0 Å². The Hall–Kier alpha value is -3.93. The fraction of sp³-hybridized carbons (Fsp3) is 0.0833. The lowest BCUT2D eigenvalue weighted by atomic mass is 10.0. The van der Waals surface area contributed by atoms with E-state index in [0.717, 1.165) is 22.0 Å². The Bertz CT molecular complexity index is 1260. The van der Waals surface area contributed by atoms with Gasteiger partial charge in [0.1, 0.15) is 5.82 Å². The number of halogens is 1. The van der Waals surface area contributed by atoms with Gasteiger partial charge in [0.2, 0.25) is 6.79 Å². The maximum Gasteiger partial charge on any atom is 0.252 e. The highest BCUT2D eigenvalue weighted by molar-refractivity contribution is 6.07. The van der Waals surface area contributed by atoms with Crippen LogP contribution in [0.4, 0.5) is 4.39 Å². The fourth-order valence-corrected chi connectivity index (χ4v) is 3.45. The molecule has 0 saturated heterocycles. The van der Waals surface area contributed by atoms with Crippen LogP contribution < -0.4 is 14.8 Å². The van der Waals surface area contributed by atoms with E-state index >= 15 is 0 Å². The molecular formula is C24H17FN2O3. The second-order valence-electron chi connectivity index (χ2n) is 6.95. The maximum atomic E-state index is 13.1. The number of hydrogen-bond donors (Lipinski definition) is 1. The van der Waals surface area contributed by atoms with Crippen molar-refractivity contribution in [1.29, 1.82) is 0 Å². The molecule has 1 aromatic heterocycles. The zero-order chi connectivity index (χ0) is 20.5. The predicted octanol–water partition coefficient (Wildman–Crippen LogP) is 4.70. The summed E-state index contributed by atoms with van der Waals surface area (Å²) in [5.41, 5.74) is 3.56. The number of amides is 1. The Balaban J connectivity index is 1.50. The molecule has 1 amide bonds. The van der Waals surface area contributed by atoms with E-state index in [-0.39, 0.29) is 18.5 Å². The minimum atomic E-state index is -0.307. The van der Waals surface area contributed by atoms with Crippen molar-refractivity contribution >= 4 is 16.8 Å². The molecule has 5 nitrogen and oxygen atoms in total. The van der Waals surface area contributed by atoms with Gasteiger partial charge in [-0.15, -0.1) is 0 Å². The average Bonchev–Trinajstić information content (AvgIpc) is 3.25. The molecule has 1 aliphatic rings. The van der Waals surface area contributed by atoms with Gasteiger partial charge in [-0.3, -0.25) is 4.79 Å². The number of ether oxygens (including phenoxy) is 2. The number of nitrogens with one attached hydrogen (secondary N) is 1. The number of pyridine rings is 1. The standard InChI is InChI=1S/C24H17FN2O3/c25-17-8-5-15(6-9-17)13-26-24(28)19-12-21(27-20-4-2-1-3-18(19)20)16-7-10-22-23(11-16)30-14-29-22/h1-12H,13-14H2,(H,26,28). The van der Waals surface area contributed by atoms with Gasteiger partial charge in [-0.1, -0.05) is 30.3 Å².